The van der Waals surface area contributed by atoms with Gasteiger partial charge in [0.1, 0.15) is 12.1 Å². The van der Waals surface area contributed by atoms with Crippen molar-refractivity contribution in [2.45, 2.75) is 26.8 Å². The number of nitrogens with zero attached hydrogens (tertiary/aromatic N) is 3. The number of hydrogen-bond acceptors (Lipinski definition) is 3. The normalized spacial score (nSPS) is 12.7. The summed E-state index contributed by atoms with van der Waals surface area (Å²) in [7, 11) is 1.95. The molecule has 4 nitrogen and oxygen atoms in total. The van der Waals surface area contributed by atoms with E-state index in [9.17, 15) is 0 Å². The maximum Gasteiger partial charge on any atom is 0.138 e. The first kappa shape index (κ1) is 11.8. The fourth-order valence-electron chi connectivity index (χ4n) is 1.69. The van der Waals surface area contributed by atoms with Gasteiger partial charge in [0.15, 0.2) is 0 Å². The lowest BCUT2D eigenvalue weighted by Gasteiger charge is -2.11. The molecule has 2 aromatic heterocycles. The van der Waals surface area contributed by atoms with Crippen LogP contribution in [0.2, 0.25) is 0 Å². The molecule has 90 valence electrons. The van der Waals surface area contributed by atoms with Crippen LogP contribution >= 0.6 is 0 Å². The van der Waals surface area contributed by atoms with Crippen LogP contribution in [0, 0.1) is 13.8 Å². The molecule has 0 aromatic carbocycles. The molecule has 0 spiro atoms. The lowest BCUT2D eigenvalue weighted by molar-refractivity contribution is 0.649. The van der Waals surface area contributed by atoms with Gasteiger partial charge >= 0.3 is 0 Å². The molecule has 4 heteroatoms. The summed E-state index contributed by atoms with van der Waals surface area (Å²) >= 11 is 0. The third-order valence-electron chi connectivity index (χ3n) is 3.20. The molecule has 0 aliphatic rings. The number of nitrogens with one attached hydrogen (secondary N) is 1. The second kappa shape index (κ2) is 4.67. The Balaban J connectivity index is 2.32. The quantitative estimate of drug-likeness (QED) is 0.878. The van der Waals surface area contributed by atoms with Crippen molar-refractivity contribution in [3.8, 4) is 5.82 Å². The van der Waals surface area contributed by atoms with Gasteiger partial charge in [-0.1, -0.05) is 6.07 Å². The summed E-state index contributed by atoms with van der Waals surface area (Å²) in [5.74, 6) is 0.912. The van der Waals surface area contributed by atoms with Gasteiger partial charge in [-0.25, -0.2) is 9.97 Å². The largest absolute Gasteiger partial charge is 0.313 e. The predicted molar refractivity (Wildman–Crippen MR) is 68.3 cm³/mol. The highest BCUT2D eigenvalue weighted by molar-refractivity contribution is 5.30. The Labute approximate surface area is 102 Å². The van der Waals surface area contributed by atoms with Crippen molar-refractivity contribution in [3.63, 3.8) is 0 Å². The summed E-state index contributed by atoms with van der Waals surface area (Å²) in [4.78, 5) is 8.75. The fraction of sp³-hybridized carbons (Fsp3) is 0.385. The second-order valence-electron chi connectivity index (χ2n) is 4.25. The van der Waals surface area contributed by atoms with Crippen molar-refractivity contribution in [3.05, 3.63) is 41.6 Å². The van der Waals surface area contributed by atoms with Crippen molar-refractivity contribution in [2.24, 2.45) is 0 Å². The standard InChI is InChI=1S/C13H18N4/c1-9-11(3)17(8-16-9)13-6-5-12(7-15-13)10(2)14-4/h5-8,10,14H,1-4H3. The molecule has 17 heavy (non-hydrogen) atoms. The summed E-state index contributed by atoms with van der Waals surface area (Å²) in [6.07, 6.45) is 3.72. The van der Waals surface area contributed by atoms with Gasteiger partial charge in [-0.2, -0.15) is 0 Å². The third-order valence-corrected chi connectivity index (χ3v) is 3.20. The van der Waals surface area contributed by atoms with E-state index >= 15 is 0 Å². The van der Waals surface area contributed by atoms with Crippen LogP contribution in [0.15, 0.2) is 24.7 Å². The average molecular weight is 230 g/mol. The topological polar surface area (TPSA) is 42.7 Å². The molecular formula is C13H18N4. The van der Waals surface area contributed by atoms with Crippen molar-refractivity contribution in [1.29, 1.82) is 0 Å². The Morgan fingerprint density at radius 2 is 2.00 bits per heavy atom. The number of pyridine rings is 1. The van der Waals surface area contributed by atoms with E-state index < -0.39 is 0 Å². The SMILES string of the molecule is CNC(C)c1ccc(-n2cnc(C)c2C)nc1. The van der Waals surface area contributed by atoms with Gasteiger partial charge in [-0.3, -0.25) is 4.57 Å². The van der Waals surface area contributed by atoms with Crippen molar-refractivity contribution < 1.29 is 0 Å². The van der Waals surface area contributed by atoms with Crippen molar-refractivity contribution >= 4 is 0 Å². The van der Waals surface area contributed by atoms with Crippen LogP contribution in [0.3, 0.4) is 0 Å². The number of hydrogen-bond donors (Lipinski definition) is 1. The zero-order chi connectivity index (χ0) is 12.4. The molecule has 0 fully saturated rings. The Kier molecular flexibility index (Phi) is 3.24. The molecule has 0 aliphatic heterocycles. The molecule has 2 heterocycles. The minimum absolute atomic E-state index is 0.321. The summed E-state index contributed by atoms with van der Waals surface area (Å²) in [6, 6.07) is 4.44. The first-order valence-corrected chi connectivity index (χ1v) is 5.77. The molecule has 0 radical (unpaired) electrons. The highest BCUT2D eigenvalue weighted by Crippen LogP contribution is 2.15. The van der Waals surface area contributed by atoms with E-state index in [1.807, 2.05) is 44.1 Å². The molecule has 2 rings (SSSR count). The van der Waals surface area contributed by atoms with E-state index in [1.54, 1.807) is 0 Å². The second-order valence-corrected chi connectivity index (χ2v) is 4.25. The van der Waals surface area contributed by atoms with Gasteiger partial charge in [0.05, 0.1) is 5.69 Å². The van der Waals surface area contributed by atoms with Crippen LogP contribution in [0.1, 0.15) is 29.9 Å². The summed E-state index contributed by atoms with van der Waals surface area (Å²) in [6.45, 7) is 6.17. The molecule has 1 atom stereocenters. The average Bonchev–Trinajstić information content (AvgIpc) is 2.69. The van der Waals surface area contributed by atoms with Gasteiger partial charge in [0.2, 0.25) is 0 Å². The molecule has 0 amide bonds. The van der Waals surface area contributed by atoms with E-state index in [4.69, 9.17) is 0 Å². The van der Waals surface area contributed by atoms with Crippen LogP contribution < -0.4 is 5.32 Å². The van der Waals surface area contributed by atoms with Gasteiger partial charge in [0, 0.05) is 17.9 Å². The first-order valence-electron chi connectivity index (χ1n) is 5.77. The minimum Gasteiger partial charge on any atom is -0.313 e. The molecular weight excluding hydrogens is 212 g/mol. The van der Waals surface area contributed by atoms with E-state index in [0.717, 1.165) is 17.2 Å². The van der Waals surface area contributed by atoms with Crippen molar-refractivity contribution in [1.82, 2.24) is 19.9 Å². The van der Waals surface area contributed by atoms with E-state index in [1.165, 1.54) is 5.56 Å². The van der Waals surface area contributed by atoms with E-state index in [0.29, 0.717) is 6.04 Å². The van der Waals surface area contributed by atoms with E-state index in [-0.39, 0.29) is 0 Å². The van der Waals surface area contributed by atoms with Gasteiger partial charge in [-0.15, -0.1) is 0 Å². The maximum absolute atomic E-state index is 4.48. The molecule has 0 saturated heterocycles. The smallest absolute Gasteiger partial charge is 0.138 e. The molecule has 1 N–H and O–H groups in total. The minimum atomic E-state index is 0.321. The van der Waals surface area contributed by atoms with Crippen LogP contribution in [0.5, 0.6) is 0 Å². The monoisotopic (exact) mass is 230 g/mol. The lowest BCUT2D eigenvalue weighted by Crippen LogP contribution is -2.12. The maximum atomic E-state index is 4.48. The molecule has 1 unspecified atom stereocenters. The zero-order valence-electron chi connectivity index (χ0n) is 10.7. The third kappa shape index (κ3) is 2.22. The number of imidazole rings is 1. The van der Waals surface area contributed by atoms with Crippen LogP contribution in [-0.4, -0.2) is 21.6 Å². The molecule has 0 bridgehead atoms. The van der Waals surface area contributed by atoms with Crippen LogP contribution in [0.25, 0.3) is 5.82 Å². The molecule has 0 saturated carbocycles. The zero-order valence-corrected chi connectivity index (χ0v) is 10.7. The Morgan fingerprint density at radius 3 is 2.47 bits per heavy atom. The highest BCUT2D eigenvalue weighted by Gasteiger charge is 2.07. The number of rotatable bonds is 3. The van der Waals surface area contributed by atoms with Gasteiger partial charge in [0.25, 0.3) is 0 Å². The van der Waals surface area contributed by atoms with Gasteiger partial charge in [-0.05, 0) is 39.4 Å². The van der Waals surface area contributed by atoms with Crippen LogP contribution in [0.4, 0.5) is 0 Å². The summed E-state index contributed by atoms with van der Waals surface area (Å²) in [5.41, 5.74) is 3.36. The van der Waals surface area contributed by atoms with Crippen LogP contribution in [-0.2, 0) is 0 Å². The molecule has 0 aliphatic carbocycles. The number of aryl methyl sites for hydroxylation is 1. The van der Waals surface area contributed by atoms with E-state index in [2.05, 4.69) is 28.3 Å². The van der Waals surface area contributed by atoms with Crippen molar-refractivity contribution in [2.75, 3.05) is 7.05 Å². The van der Waals surface area contributed by atoms with Gasteiger partial charge < -0.3 is 5.32 Å². The Hall–Kier alpha value is -1.68. The Morgan fingerprint density at radius 1 is 1.24 bits per heavy atom. The highest BCUT2D eigenvalue weighted by atomic mass is 15.1. The fourth-order valence-corrected chi connectivity index (χ4v) is 1.69. The Bertz CT molecular complexity index is 499. The predicted octanol–water partition coefficient (Wildman–Crippen LogP) is 2.16. The summed E-state index contributed by atoms with van der Waals surface area (Å²) in [5, 5.41) is 3.20. The number of aromatic nitrogens is 3. The lowest BCUT2D eigenvalue weighted by atomic mass is 10.1. The molecule has 2 aromatic rings. The summed E-state index contributed by atoms with van der Waals surface area (Å²) < 4.78 is 2.00. The first-order chi connectivity index (χ1) is 8.13.